The number of hydrogen-bond acceptors (Lipinski definition) is 6. The van der Waals surface area contributed by atoms with Crippen molar-refractivity contribution >= 4 is 45.5 Å². The molecule has 3 amide bonds. The molecule has 3 aromatic rings. The first-order valence-electron chi connectivity index (χ1n) is 8.84. The molecule has 9 heteroatoms. The van der Waals surface area contributed by atoms with Crippen LogP contribution in [0.4, 0.5) is 5.13 Å². The molecule has 0 aliphatic heterocycles. The Morgan fingerprint density at radius 2 is 1.93 bits per heavy atom. The van der Waals surface area contributed by atoms with Gasteiger partial charge in [-0.05, 0) is 31.2 Å². The Labute approximate surface area is 176 Å². The second kappa shape index (κ2) is 9.44. The van der Waals surface area contributed by atoms with E-state index < -0.39 is 0 Å². The number of hydrogen-bond donors (Lipinski definition) is 3. The van der Waals surface area contributed by atoms with Gasteiger partial charge in [0.05, 0.1) is 23.7 Å². The smallest absolute Gasteiger partial charge is 0.251 e. The molecule has 0 saturated carbocycles. The van der Waals surface area contributed by atoms with Gasteiger partial charge >= 0.3 is 0 Å². The van der Waals surface area contributed by atoms with Gasteiger partial charge in [0.2, 0.25) is 11.8 Å². The highest BCUT2D eigenvalue weighted by atomic mass is 32.1. The third-order valence-electron chi connectivity index (χ3n) is 3.87. The number of thiazole rings is 1. The minimum atomic E-state index is -0.343. The summed E-state index contributed by atoms with van der Waals surface area (Å²) in [6.45, 7) is 3.73. The summed E-state index contributed by atoms with van der Waals surface area (Å²) in [4.78, 5) is 41.6. The molecule has 150 valence electrons. The van der Waals surface area contributed by atoms with Crippen LogP contribution in [-0.2, 0) is 16.1 Å². The molecular formula is C20H20N4O3S2. The van der Waals surface area contributed by atoms with Crippen LogP contribution >= 0.6 is 22.7 Å². The van der Waals surface area contributed by atoms with Crippen LogP contribution in [0.3, 0.4) is 0 Å². The lowest BCUT2D eigenvalue weighted by Gasteiger charge is -2.05. The molecule has 0 bridgehead atoms. The van der Waals surface area contributed by atoms with Crippen molar-refractivity contribution in [2.45, 2.75) is 20.4 Å². The van der Waals surface area contributed by atoms with E-state index in [0.717, 1.165) is 21.0 Å². The number of carbonyl (C=O) groups is 3. The van der Waals surface area contributed by atoms with Crippen molar-refractivity contribution in [1.29, 1.82) is 0 Å². The number of aryl methyl sites for hydroxylation is 1. The van der Waals surface area contributed by atoms with Crippen molar-refractivity contribution in [3.63, 3.8) is 0 Å². The van der Waals surface area contributed by atoms with Crippen molar-refractivity contribution in [2.24, 2.45) is 0 Å². The first-order chi connectivity index (χ1) is 13.9. The summed E-state index contributed by atoms with van der Waals surface area (Å²) in [5, 5.41) is 10.4. The Balaban J connectivity index is 1.52. The number of carbonyl (C=O) groups excluding carboxylic acids is 3. The minimum absolute atomic E-state index is 0.0758. The van der Waals surface area contributed by atoms with Gasteiger partial charge in [-0.15, -0.1) is 22.7 Å². The van der Waals surface area contributed by atoms with Gasteiger partial charge in [-0.25, -0.2) is 4.98 Å². The van der Waals surface area contributed by atoms with E-state index >= 15 is 0 Å². The highest BCUT2D eigenvalue weighted by Gasteiger charge is 2.12. The minimum Gasteiger partial charge on any atom is -0.351 e. The van der Waals surface area contributed by atoms with Gasteiger partial charge in [-0.1, -0.05) is 17.7 Å². The third-order valence-corrected chi connectivity index (χ3v) is 5.73. The number of amides is 3. The summed E-state index contributed by atoms with van der Waals surface area (Å²) in [7, 11) is 0. The lowest BCUT2D eigenvalue weighted by atomic mass is 10.1. The second-order valence-corrected chi connectivity index (χ2v) is 8.34. The van der Waals surface area contributed by atoms with Gasteiger partial charge in [0.25, 0.3) is 5.91 Å². The first-order valence-corrected chi connectivity index (χ1v) is 10.5. The van der Waals surface area contributed by atoms with E-state index in [9.17, 15) is 14.4 Å². The largest absolute Gasteiger partial charge is 0.351 e. The lowest BCUT2D eigenvalue weighted by Crippen LogP contribution is -2.32. The Morgan fingerprint density at radius 3 is 2.69 bits per heavy atom. The predicted molar refractivity (Wildman–Crippen MR) is 115 cm³/mol. The van der Waals surface area contributed by atoms with E-state index in [1.54, 1.807) is 18.2 Å². The number of rotatable bonds is 7. The number of benzene rings is 1. The highest BCUT2D eigenvalue weighted by molar-refractivity contribution is 7.17. The standard InChI is InChI=1S/C20H20N4O3S2/c1-12-4-3-5-14(8-12)19(27)22-10-18(26)24-20-23-16(11-28-20)17-7-6-15(29-17)9-21-13(2)25/h3-8,11H,9-10H2,1-2H3,(H,21,25)(H,22,27)(H,23,24,26). The number of nitrogens with zero attached hydrogens (tertiary/aromatic N) is 1. The molecule has 1 aromatic carbocycles. The van der Waals surface area contributed by atoms with Gasteiger partial charge < -0.3 is 16.0 Å². The van der Waals surface area contributed by atoms with Gasteiger partial charge in [-0.2, -0.15) is 0 Å². The fourth-order valence-electron chi connectivity index (χ4n) is 2.48. The van der Waals surface area contributed by atoms with Crippen LogP contribution in [-0.4, -0.2) is 29.3 Å². The van der Waals surface area contributed by atoms with Crippen LogP contribution in [0.1, 0.15) is 27.7 Å². The van der Waals surface area contributed by atoms with Crippen LogP contribution in [0, 0.1) is 6.92 Å². The number of nitrogens with one attached hydrogen (secondary N) is 3. The number of aromatic nitrogens is 1. The topological polar surface area (TPSA) is 100 Å². The molecule has 3 rings (SSSR count). The van der Waals surface area contributed by atoms with Crippen LogP contribution in [0.15, 0.2) is 41.8 Å². The average Bonchev–Trinajstić information content (AvgIpc) is 3.33. The van der Waals surface area contributed by atoms with E-state index in [1.165, 1.54) is 29.6 Å². The fourth-order valence-corrected chi connectivity index (χ4v) is 4.19. The van der Waals surface area contributed by atoms with Gasteiger partial charge in [0, 0.05) is 22.7 Å². The molecule has 0 radical (unpaired) electrons. The summed E-state index contributed by atoms with van der Waals surface area (Å²) >= 11 is 2.85. The monoisotopic (exact) mass is 428 g/mol. The van der Waals surface area contributed by atoms with Gasteiger partial charge in [-0.3, -0.25) is 14.4 Å². The lowest BCUT2D eigenvalue weighted by molar-refractivity contribution is -0.119. The summed E-state index contributed by atoms with van der Waals surface area (Å²) in [6, 6.07) is 11.0. The molecule has 0 atom stereocenters. The van der Waals surface area contributed by atoms with Gasteiger partial charge in [0.15, 0.2) is 5.13 Å². The molecule has 2 aromatic heterocycles. The Morgan fingerprint density at radius 1 is 1.10 bits per heavy atom. The van der Waals surface area contributed by atoms with E-state index in [-0.39, 0.29) is 24.3 Å². The normalized spacial score (nSPS) is 10.4. The molecule has 0 saturated heterocycles. The van der Waals surface area contributed by atoms with Crippen molar-refractivity contribution in [1.82, 2.24) is 15.6 Å². The summed E-state index contributed by atoms with van der Waals surface area (Å²) in [5.41, 5.74) is 2.25. The molecule has 3 N–H and O–H groups in total. The quantitative estimate of drug-likeness (QED) is 0.538. The fraction of sp³-hybridized carbons (Fsp3) is 0.200. The third kappa shape index (κ3) is 5.97. The summed E-state index contributed by atoms with van der Waals surface area (Å²) in [5.74, 6) is -0.716. The summed E-state index contributed by atoms with van der Waals surface area (Å²) < 4.78 is 0. The van der Waals surface area contributed by atoms with Crippen LogP contribution < -0.4 is 16.0 Å². The van der Waals surface area contributed by atoms with Crippen LogP contribution in [0.25, 0.3) is 10.6 Å². The van der Waals surface area contributed by atoms with Crippen molar-refractivity contribution < 1.29 is 14.4 Å². The zero-order valence-corrected chi connectivity index (χ0v) is 17.6. The molecule has 7 nitrogen and oxygen atoms in total. The van der Waals surface area contributed by atoms with E-state index in [4.69, 9.17) is 0 Å². The Hall–Kier alpha value is -3.04. The SMILES string of the molecule is CC(=O)NCc1ccc(-c2csc(NC(=O)CNC(=O)c3cccc(C)c3)n2)s1. The zero-order valence-electron chi connectivity index (χ0n) is 15.9. The Bertz CT molecular complexity index is 1040. The first kappa shape index (κ1) is 20.7. The maximum atomic E-state index is 12.1. The maximum Gasteiger partial charge on any atom is 0.251 e. The van der Waals surface area contributed by atoms with E-state index in [2.05, 4.69) is 20.9 Å². The van der Waals surface area contributed by atoms with Crippen molar-refractivity contribution in [3.8, 4) is 10.6 Å². The molecule has 0 fully saturated rings. The average molecular weight is 429 g/mol. The molecule has 29 heavy (non-hydrogen) atoms. The number of thiophene rings is 1. The molecule has 0 aliphatic carbocycles. The highest BCUT2D eigenvalue weighted by Crippen LogP contribution is 2.30. The van der Waals surface area contributed by atoms with Crippen LogP contribution in [0.2, 0.25) is 0 Å². The molecule has 2 heterocycles. The zero-order chi connectivity index (χ0) is 20.8. The Kier molecular flexibility index (Phi) is 6.73. The van der Waals surface area contributed by atoms with Crippen molar-refractivity contribution in [2.75, 3.05) is 11.9 Å². The maximum absolute atomic E-state index is 12.1. The molecule has 0 spiro atoms. The molecule has 0 aliphatic rings. The summed E-state index contributed by atoms with van der Waals surface area (Å²) in [6.07, 6.45) is 0. The van der Waals surface area contributed by atoms with E-state index in [1.807, 2.05) is 30.5 Å². The second-order valence-electron chi connectivity index (χ2n) is 6.31. The van der Waals surface area contributed by atoms with Gasteiger partial charge in [0.1, 0.15) is 0 Å². The molecular weight excluding hydrogens is 408 g/mol. The van der Waals surface area contributed by atoms with E-state index in [0.29, 0.717) is 17.2 Å². The van der Waals surface area contributed by atoms with Crippen molar-refractivity contribution in [3.05, 3.63) is 57.8 Å². The number of anilines is 1. The van der Waals surface area contributed by atoms with Crippen LogP contribution in [0.5, 0.6) is 0 Å². The predicted octanol–water partition coefficient (Wildman–Crippen LogP) is 3.18. The molecule has 0 unspecified atom stereocenters.